The Morgan fingerprint density at radius 1 is 1.19 bits per heavy atom. The van der Waals surface area contributed by atoms with Crippen LogP contribution in [-0.4, -0.2) is 75.5 Å². The van der Waals surface area contributed by atoms with Crippen molar-refractivity contribution < 1.29 is 26.7 Å². The molecular formula is C15H20ClF2N3O4S. The Morgan fingerprint density at radius 2 is 1.88 bits per heavy atom. The number of halogens is 3. The minimum Gasteiger partial charge on any atom is -0.366 e. The summed E-state index contributed by atoms with van der Waals surface area (Å²) in [6.45, 7) is 2.06. The van der Waals surface area contributed by atoms with E-state index in [1.54, 1.807) is 4.90 Å². The second-order valence-corrected chi connectivity index (χ2v) is 7.77. The van der Waals surface area contributed by atoms with Gasteiger partial charge in [-0.25, -0.2) is 17.2 Å². The molecule has 1 unspecified atom stereocenters. The lowest BCUT2D eigenvalue weighted by atomic mass is 10.2. The molecule has 26 heavy (non-hydrogen) atoms. The Balaban J connectivity index is 0.00000243. The highest BCUT2D eigenvalue weighted by Gasteiger charge is 2.34. The highest BCUT2D eigenvalue weighted by Crippen LogP contribution is 2.21. The van der Waals surface area contributed by atoms with Crippen molar-refractivity contribution in [2.75, 3.05) is 45.9 Å². The molecule has 1 amide bonds. The van der Waals surface area contributed by atoms with Crippen LogP contribution in [0.5, 0.6) is 0 Å². The zero-order valence-electron chi connectivity index (χ0n) is 13.9. The first-order valence-electron chi connectivity index (χ1n) is 7.96. The maximum Gasteiger partial charge on any atom is 0.253 e. The minimum absolute atomic E-state index is 0. The number of ether oxygens (including phenoxy) is 1. The Labute approximate surface area is 156 Å². The third-order valence-electron chi connectivity index (χ3n) is 4.27. The molecule has 146 valence electrons. The summed E-state index contributed by atoms with van der Waals surface area (Å²) in [5.41, 5.74) is 0. The Morgan fingerprint density at radius 3 is 2.46 bits per heavy atom. The van der Waals surface area contributed by atoms with Gasteiger partial charge in [-0.3, -0.25) is 4.79 Å². The molecule has 1 aromatic rings. The third kappa shape index (κ3) is 4.32. The summed E-state index contributed by atoms with van der Waals surface area (Å²) in [4.78, 5) is 13.3. The molecule has 2 aliphatic rings. The van der Waals surface area contributed by atoms with Crippen molar-refractivity contribution in [3.8, 4) is 0 Å². The number of benzene rings is 1. The zero-order valence-corrected chi connectivity index (χ0v) is 15.5. The molecule has 1 atom stereocenters. The van der Waals surface area contributed by atoms with Gasteiger partial charge < -0.3 is 15.0 Å². The van der Waals surface area contributed by atoms with Gasteiger partial charge in [0.2, 0.25) is 10.0 Å². The van der Waals surface area contributed by atoms with Crippen LogP contribution in [0.3, 0.4) is 0 Å². The number of amides is 1. The molecule has 0 bridgehead atoms. The van der Waals surface area contributed by atoms with Crippen LogP contribution in [0.1, 0.15) is 0 Å². The number of nitrogens with zero attached hydrogens (tertiary/aromatic N) is 2. The molecule has 0 aliphatic carbocycles. The summed E-state index contributed by atoms with van der Waals surface area (Å²) in [6, 6.07) is 2.36. The largest absolute Gasteiger partial charge is 0.366 e. The number of carbonyl (C=O) groups is 1. The first kappa shape index (κ1) is 21.0. The van der Waals surface area contributed by atoms with Crippen molar-refractivity contribution in [1.29, 1.82) is 0 Å². The third-order valence-corrected chi connectivity index (χ3v) is 6.20. The van der Waals surface area contributed by atoms with Gasteiger partial charge >= 0.3 is 0 Å². The van der Waals surface area contributed by atoms with E-state index in [0.717, 1.165) is 16.4 Å². The smallest absolute Gasteiger partial charge is 0.253 e. The highest BCUT2D eigenvalue weighted by molar-refractivity contribution is 7.89. The van der Waals surface area contributed by atoms with Gasteiger partial charge in [-0.1, -0.05) is 0 Å². The van der Waals surface area contributed by atoms with Crippen LogP contribution >= 0.6 is 12.4 Å². The maximum atomic E-state index is 13.8. The molecule has 2 fully saturated rings. The van der Waals surface area contributed by atoms with Gasteiger partial charge in [0.15, 0.2) is 0 Å². The van der Waals surface area contributed by atoms with E-state index in [4.69, 9.17) is 4.74 Å². The van der Waals surface area contributed by atoms with Crippen LogP contribution in [-0.2, 0) is 19.6 Å². The average Bonchev–Trinajstić information content (AvgIpc) is 2.61. The summed E-state index contributed by atoms with van der Waals surface area (Å²) in [6.07, 6.45) is -0.563. The summed E-state index contributed by atoms with van der Waals surface area (Å²) >= 11 is 0. The van der Waals surface area contributed by atoms with E-state index >= 15 is 0 Å². The number of piperazine rings is 1. The van der Waals surface area contributed by atoms with Gasteiger partial charge in [-0.15, -0.1) is 12.4 Å². The van der Waals surface area contributed by atoms with Crippen LogP contribution < -0.4 is 5.32 Å². The molecular weight excluding hydrogens is 392 g/mol. The summed E-state index contributed by atoms with van der Waals surface area (Å²) in [7, 11) is -4.07. The predicted molar refractivity (Wildman–Crippen MR) is 91.6 cm³/mol. The van der Waals surface area contributed by atoms with Crippen molar-refractivity contribution in [2.24, 2.45) is 0 Å². The fraction of sp³-hybridized carbons (Fsp3) is 0.533. The molecule has 2 aliphatic heterocycles. The topological polar surface area (TPSA) is 79.0 Å². The maximum absolute atomic E-state index is 13.8. The molecule has 11 heteroatoms. The van der Waals surface area contributed by atoms with Crippen molar-refractivity contribution in [3.05, 3.63) is 29.8 Å². The molecule has 0 spiro atoms. The van der Waals surface area contributed by atoms with Crippen molar-refractivity contribution >= 4 is 28.3 Å². The number of sulfonamides is 1. The summed E-state index contributed by atoms with van der Waals surface area (Å²) in [5, 5.41) is 3.07. The highest BCUT2D eigenvalue weighted by atomic mass is 35.5. The first-order chi connectivity index (χ1) is 11.9. The quantitative estimate of drug-likeness (QED) is 0.769. The number of hydrogen-bond donors (Lipinski definition) is 1. The lowest BCUT2D eigenvalue weighted by molar-refractivity contribution is -0.146. The standard InChI is InChI=1S/C15H19F2N3O4S.ClH/c16-11-1-2-14(12(17)9-11)25(22,23)20-6-4-19(5-7-20)15(21)13-10-18-3-8-24-13;/h1-2,9,13,18H,3-8,10H2;1H. The molecule has 1 N–H and O–H groups in total. The Kier molecular flexibility index (Phi) is 6.92. The van der Waals surface area contributed by atoms with Crippen LogP contribution in [0.15, 0.2) is 23.1 Å². The van der Waals surface area contributed by atoms with Crippen molar-refractivity contribution in [3.63, 3.8) is 0 Å². The van der Waals surface area contributed by atoms with Gasteiger partial charge in [0.05, 0.1) is 6.61 Å². The molecule has 1 aromatic carbocycles. The van der Waals surface area contributed by atoms with Gasteiger partial charge in [0.25, 0.3) is 5.91 Å². The second-order valence-electron chi connectivity index (χ2n) is 5.87. The number of nitrogens with one attached hydrogen (secondary N) is 1. The molecule has 2 heterocycles. The number of morpholine rings is 1. The summed E-state index contributed by atoms with van der Waals surface area (Å²) in [5.74, 6) is -2.15. The van der Waals surface area contributed by atoms with Crippen LogP contribution in [0.4, 0.5) is 8.78 Å². The normalized spacial score (nSPS) is 21.9. The second kappa shape index (κ2) is 8.57. The van der Waals surface area contributed by atoms with E-state index in [1.807, 2.05) is 0 Å². The first-order valence-corrected chi connectivity index (χ1v) is 9.40. The van der Waals surface area contributed by atoms with E-state index in [9.17, 15) is 22.0 Å². The molecule has 0 radical (unpaired) electrons. The average molecular weight is 412 g/mol. The van der Waals surface area contributed by atoms with E-state index in [1.165, 1.54) is 0 Å². The molecule has 0 saturated carbocycles. The van der Waals surface area contributed by atoms with E-state index in [0.29, 0.717) is 25.8 Å². The van der Waals surface area contributed by atoms with E-state index in [2.05, 4.69) is 5.32 Å². The molecule has 2 saturated heterocycles. The van der Waals surface area contributed by atoms with E-state index < -0.39 is 32.7 Å². The molecule has 7 nitrogen and oxygen atoms in total. The monoisotopic (exact) mass is 411 g/mol. The lowest BCUT2D eigenvalue weighted by Crippen LogP contribution is -2.55. The Bertz CT molecular complexity index is 751. The molecule has 0 aromatic heterocycles. The lowest BCUT2D eigenvalue weighted by Gasteiger charge is -2.36. The number of carbonyl (C=O) groups excluding carboxylic acids is 1. The molecule has 3 rings (SSSR count). The zero-order chi connectivity index (χ0) is 18.0. The SMILES string of the molecule is Cl.O=C(C1CNCCO1)N1CCN(S(=O)(=O)c2ccc(F)cc2F)CC1. The van der Waals surface area contributed by atoms with Crippen LogP contribution in [0.25, 0.3) is 0 Å². The fourth-order valence-electron chi connectivity index (χ4n) is 2.90. The van der Waals surface area contributed by atoms with Crippen molar-refractivity contribution in [2.45, 2.75) is 11.0 Å². The fourth-order valence-corrected chi connectivity index (χ4v) is 4.37. The predicted octanol–water partition coefficient (Wildman–Crippen LogP) is 0.208. The summed E-state index contributed by atoms with van der Waals surface area (Å²) < 4.78 is 58.4. The van der Waals surface area contributed by atoms with Gasteiger partial charge in [0, 0.05) is 45.3 Å². The van der Waals surface area contributed by atoms with Crippen LogP contribution in [0, 0.1) is 11.6 Å². The van der Waals surface area contributed by atoms with Gasteiger partial charge in [-0.05, 0) is 12.1 Å². The number of hydrogen-bond acceptors (Lipinski definition) is 5. The van der Waals surface area contributed by atoms with Gasteiger partial charge in [-0.2, -0.15) is 4.31 Å². The van der Waals surface area contributed by atoms with Crippen LogP contribution in [0.2, 0.25) is 0 Å². The van der Waals surface area contributed by atoms with Crippen molar-refractivity contribution in [1.82, 2.24) is 14.5 Å². The minimum atomic E-state index is -4.07. The van der Waals surface area contributed by atoms with E-state index in [-0.39, 0.29) is 44.5 Å². The number of rotatable bonds is 3. The van der Waals surface area contributed by atoms with Gasteiger partial charge in [0.1, 0.15) is 22.6 Å². The Hall–Kier alpha value is -1.33.